The number of imidazole rings is 1. The zero-order valence-corrected chi connectivity index (χ0v) is 7.81. The lowest BCUT2D eigenvalue weighted by Crippen LogP contribution is -2.27. The quantitative estimate of drug-likeness (QED) is 0.543. The molecule has 2 heterocycles. The summed E-state index contributed by atoms with van der Waals surface area (Å²) < 4.78 is 1.15. The average Bonchev–Trinajstić information content (AvgIpc) is 2.60. The van der Waals surface area contributed by atoms with Crippen LogP contribution in [-0.2, 0) is 4.79 Å². The molecule has 0 atom stereocenters. The number of aromatic amines is 1. The van der Waals surface area contributed by atoms with Gasteiger partial charge in [-0.2, -0.15) is 4.98 Å². The molecule has 78 valence electrons. The number of carbonyl (C=O) groups excluding carboxylic acids is 1. The number of nitrogens with two attached hydrogens (primary N) is 1. The Labute approximate surface area is 83.1 Å². The van der Waals surface area contributed by atoms with Crippen molar-refractivity contribution in [1.29, 1.82) is 0 Å². The molecule has 0 aliphatic rings. The van der Waals surface area contributed by atoms with Gasteiger partial charge in [0.1, 0.15) is 0 Å². The maximum atomic E-state index is 11.3. The number of nitrogens with zero attached hydrogens (tertiary/aromatic N) is 3. The Morgan fingerprint density at radius 2 is 2.40 bits per heavy atom. The minimum absolute atomic E-state index is 0.116. The molecular formula is C7H8N6O2. The van der Waals surface area contributed by atoms with Crippen molar-refractivity contribution in [3.8, 4) is 0 Å². The molecule has 8 nitrogen and oxygen atoms in total. The summed E-state index contributed by atoms with van der Waals surface area (Å²) in [4.78, 5) is 32.2. The maximum Gasteiger partial charge on any atom is 0.300 e. The van der Waals surface area contributed by atoms with Crippen molar-refractivity contribution >= 4 is 23.0 Å². The molecule has 0 unspecified atom stereocenters. The first-order chi connectivity index (χ1) is 7.09. The average molecular weight is 208 g/mol. The Morgan fingerprint density at radius 3 is 3.07 bits per heavy atom. The molecule has 15 heavy (non-hydrogen) atoms. The molecule has 4 N–H and O–H groups in total. The molecule has 2 rings (SSSR count). The van der Waals surface area contributed by atoms with Gasteiger partial charge in [-0.05, 0) is 0 Å². The van der Waals surface area contributed by atoms with E-state index in [1.54, 1.807) is 0 Å². The first-order valence-corrected chi connectivity index (χ1v) is 4.09. The molecule has 2 aromatic heterocycles. The van der Waals surface area contributed by atoms with Gasteiger partial charge in [-0.15, -0.1) is 0 Å². The number of hydrogen-bond donors (Lipinski definition) is 3. The van der Waals surface area contributed by atoms with Gasteiger partial charge >= 0.3 is 5.56 Å². The monoisotopic (exact) mass is 208 g/mol. The van der Waals surface area contributed by atoms with Gasteiger partial charge in [-0.3, -0.25) is 15.0 Å². The van der Waals surface area contributed by atoms with Crippen molar-refractivity contribution in [2.75, 3.05) is 11.2 Å². The predicted molar refractivity (Wildman–Crippen MR) is 52.6 cm³/mol. The molecular weight excluding hydrogens is 200 g/mol. The topological polar surface area (TPSA) is 119 Å². The third-order valence-electron chi connectivity index (χ3n) is 1.76. The molecule has 0 radical (unpaired) electrons. The van der Waals surface area contributed by atoms with E-state index >= 15 is 0 Å². The van der Waals surface area contributed by atoms with E-state index in [4.69, 9.17) is 5.73 Å². The molecule has 0 aromatic carbocycles. The van der Waals surface area contributed by atoms with Gasteiger partial charge in [0, 0.05) is 6.92 Å². The second-order valence-electron chi connectivity index (χ2n) is 2.88. The molecule has 0 aliphatic carbocycles. The third kappa shape index (κ3) is 1.41. The second-order valence-corrected chi connectivity index (χ2v) is 2.88. The van der Waals surface area contributed by atoms with E-state index in [2.05, 4.69) is 20.4 Å². The first kappa shape index (κ1) is 9.19. The number of H-pyrrole nitrogens is 1. The number of amides is 1. The van der Waals surface area contributed by atoms with Gasteiger partial charge in [0.25, 0.3) is 0 Å². The van der Waals surface area contributed by atoms with Crippen molar-refractivity contribution in [1.82, 2.24) is 19.6 Å². The lowest BCUT2D eigenvalue weighted by atomic mass is 10.5. The molecule has 1 amide bonds. The van der Waals surface area contributed by atoms with E-state index in [1.165, 1.54) is 13.3 Å². The molecule has 0 saturated carbocycles. The van der Waals surface area contributed by atoms with Crippen molar-refractivity contribution in [3.05, 3.63) is 16.7 Å². The van der Waals surface area contributed by atoms with Gasteiger partial charge in [-0.1, -0.05) is 0 Å². The SMILES string of the molecule is CC(=O)Nn1c(N)nc(=O)c2[nH]cnc21. The van der Waals surface area contributed by atoms with E-state index in [9.17, 15) is 9.59 Å². The zero-order valence-electron chi connectivity index (χ0n) is 7.81. The lowest BCUT2D eigenvalue weighted by Gasteiger charge is -2.08. The van der Waals surface area contributed by atoms with E-state index in [1.807, 2.05) is 0 Å². The van der Waals surface area contributed by atoms with Gasteiger partial charge in [-0.25, -0.2) is 9.66 Å². The standard InChI is InChI=1S/C7H8N6O2/c1-3(14)12-13-5-4(9-2-10-5)6(15)11-7(13)8/h2H,1H3,(H,9,10)(H,12,14)(H2,8,11,15). The minimum Gasteiger partial charge on any atom is -0.368 e. The fourth-order valence-corrected chi connectivity index (χ4v) is 1.20. The number of carbonyl (C=O) groups is 1. The maximum absolute atomic E-state index is 11.3. The zero-order chi connectivity index (χ0) is 11.0. The van der Waals surface area contributed by atoms with Gasteiger partial charge in [0.05, 0.1) is 6.33 Å². The number of nitrogens with one attached hydrogen (secondary N) is 2. The fraction of sp³-hybridized carbons (Fsp3) is 0.143. The summed E-state index contributed by atoms with van der Waals surface area (Å²) in [6, 6.07) is 0. The predicted octanol–water partition coefficient (Wildman–Crippen LogP) is -1.21. The van der Waals surface area contributed by atoms with Crippen LogP contribution >= 0.6 is 0 Å². The number of hydrogen-bond acceptors (Lipinski definition) is 5. The summed E-state index contributed by atoms with van der Waals surface area (Å²) in [7, 11) is 0. The summed E-state index contributed by atoms with van der Waals surface area (Å²) in [5.74, 6) is -0.453. The van der Waals surface area contributed by atoms with Crippen LogP contribution in [0.3, 0.4) is 0 Å². The largest absolute Gasteiger partial charge is 0.368 e. The molecule has 2 aromatic rings. The van der Waals surface area contributed by atoms with Crippen molar-refractivity contribution in [2.45, 2.75) is 6.92 Å². The van der Waals surface area contributed by atoms with Crippen LogP contribution in [0, 0.1) is 0 Å². The van der Waals surface area contributed by atoms with Crippen LogP contribution in [0.4, 0.5) is 5.95 Å². The van der Waals surface area contributed by atoms with Crippen molar-refractivity contribution < 1.29 is 4.79 Å². The summed E-state index contributed by atoms with van der Waals surface area (Å²) in [6.07, 6.45) is 1.32. The molecule has 0 bridgehead atoms. The summed E-state index contributed by atoms with van der Waals surface area (Å²) in [5.41, 5.74) is 7.80. The molecule has 0 aliphatic heterocycles. The Hall–Kier alpha value is -2.38. The number of aromatic nitrogens is 4. The number of fused-ring (bicyclic) bond motifs is 1. The highest BCUT2D eigenvalue weighted by Gasteiger charge is 2.11. The van der Waals surface area contributed by atoms with Crippen LogP contribution < -0.4 is 16.7 Å². The number of nitrogen functional groups attached to an aromatic ring is 1. The van der Waals surface area contributed by atoms with Crippen LogP contribution in [0.2, 0.25) is 0 Å². The van der Waals surface area contributed by atoms with Crippen LogP contribution in [-0.4, -0.2) is 25.5 Å². The Bertz CT molecular complexity index is 583. The summed E-state index contributed by atoms with van der Waals surface area (Å²) in [6.45, 7) is 1.32. The molecule has 0 saturated heterocycles. The van der Waals surface area contributed by atoms with E-state index in [0.29, 0.717) is 0 Å². The van der Waals surface area contributed by atoms with Gasteiger partial charge in [0.2, 0.25) is 11.9 Å². The van der Waals surface area contributed by atoms with E-state index in [-0.39, 0.29) is 23.0 Å². The normalized spacial score (nSPS) is 10.5. The first-order valence-electron chi connectivity index (χ1n) is 4.09. The highest BCUT2D eigenvalue weighted by Crippen LogP contribution is 2.05. The van der Waals surface area contributed by atoms with E-state index < -0.39 is 5.56 Å². The highest BCUT2D eigenvalue weighted by atomic mass is 16.2. The Morgan fingerprint density at radius 1 is 1.67 bits per heavy atom. The fourth-order valence-electron chi connectivity index (χ4n) is 1.20. The molecule has 8 heteroatoms. The number of anilines is 1. The van der Waals surface area contributed by atoms with Crippen LogP contribution in [0.15, 0.2) is 11.1 Å². The van der Waals surface area contributed by atoms with Gasteiger partial charge < -0.3 is 10.7 Å². The lowest BCUT2D eigenvalue weighted by molar-refractivity contribution is -0.115. The number of rotatable bonds is 1. The van der Waals surface area contributed by atoms with Gasteiger partial charge in [0.15, 0.2) is 11.2 Å². The van der Waals surface area contributed by atoms with Crippen molar-refractivity contribution in [2.24, 2.45) is 0 Å². The minimum atomic E-state index is -0.512. The van der Waals surface area contributed by atoms with E-state index in [0.717, 1.165) is 4.68 Å². The van der Waals surface area contributed by atoms with Crippen molar-refractivity contribution in [3.63, 3.8) is 0 Å². The third-order valence-corrected chi connectivity index (χ3v) is 1.76. The van der Waals surface area contributed by atoms with Crippen LogP contribution in [0.1, 0.15) is 6.92 Å². The highest BCUT2D eigenvalue weighted by molar-refractivity contribution is 5.83. The van der Waals surface area contributed by atoms with Crippen LogP contribution in [0.5, 0.6) is 0 Å². The molecule has 0 fully saturated rings. The summed E-state index contributed by atoms with van der Waals surface area (Å²) >= 11 is 0. The van der Waals surface area contributed by atoms with Crippen LogP contribution in [0.25, 0.3) is 11.2 Å². The molecule has 0 spiro atoms. The summed E-state index contributed by atoms with van der Waals surface area (Å²) in [5, 5.41) is 0. The Balaban J connectivity index is 2.76. The second kappa shape index (κ2) is 3.08. The Kier molecular flexibility index (Phi) is 1.89. The smallest absolute Gasteiger partial charge is 0.300 e.